The maximum atomic E-state index is 11.7. The lowest BCUT2D eigenvalue weighted by Gasteiger charge is -2.40. The Morgan fingerprint density at radius 2 is 2.18 bits per heavy atom. The van der Waals surface area contributed by atoms with Crippen LogP contribution in [-0.2, 0) is 19.6 Å². The van der Waals surface area contributed by atoms with Crippen LogP contribution in [-0.4, -0.2) is 51.3 Å². The second-order valence-corrected chi connectivity index (χ2v) is 7.14. The number of rotatable bonds is 4. The zero-order chi connectivity index (χ0) is 12.7. The van der Waals surface area contributed by atoms with Crippen molar-refractivity contribution in [2.75, 3.05) is 32.1 Å². The van der Waals surface area contributed by atoms with Gasteiger partial charge in [-0.15, -0.1) is 0 Å². The van der Waals surface area contributed by atoms with E-state index in [1.807, 2.05) is 0 Å². The van der Waals surface area contributed by atoms with E-state index >= 15 is 0 Å². The Kier molecular flexibility index (Phi) is 3.17. The Hall–Kier alpha value is -0.660. The van der Waals surface area contributed by atoms with E-state index in [-0.39, 0.29) is 29.4 Å². The topological polar surface area (TPSA) is 89.7 Å². The van der Waals surface area contributed by atoms with Gasteiger partial charge in [-0.2, -0.15) is 0 Å². The van der Waals surface area contributed by atoms with Gasteiger partial charge in [0, 0.05) is 30.8 Å². The maximum Gasteiger partial charge on any atom is 0.222 e. The molecular weight excluding hydrogens is 244 g/mol. The molecule has 2 saturated heterocycles. The highest BCUT2D eigenvalue weighted by Gasteiger charge is 2.40. The van der Waals surface area contributed by atoms with Crippen molar-refractivity contribution in [2.45, 2.75) is 13.3 Å². The molecule has 2 heterocycles. The van der Waals surface area contributed by atoms with Crippen LogP contribution >= 0.6 is 0 Å². The number of hydrogen-bond acceptors (Lipinski definition) is 4. The average molecular weight is 262 g/mol. The zero-order valence-corrected chi connectivity index (χ0v) is 10.7. The summed E-state index contributed by atoms with van der Waals surface area (Å²) in [4.78, 5) is 13.5. The summed E-state index contributed by atoms with van der Waals surface area (Å²) in [6.07, 6.45) is 0.285. The third-order valence-corrected chi connectivity index (χ3v) is 4.17. The van der Waals surface area contributed by atoms with E-state index in [9.17, 15) is 13.2 Å². The Bertz CT molecular complexity index is 416. The zero-order valence-electron chi connectivity index (χ0n) is 9.89. The molecule has 0 aromatic carbocycles. The van der Waals surface area contributed by atoms with Crippen molar-refractivity contribution in [1.29, 1.82) is 0 Å². The Balaban J connectivity index is 1.91. The quantitative estimate of drug-likeness (QED) is 0.715. The van der Waals surface area contributed by atoms with E-state index in [1.54, 1.807) is 4.90 Å². The van der Waals surface area contributed by atoms with Crippen molar-refractivity contribution in [1.82, 2.24) is 4.90 Å². The first-order valence-electron chi connectivity index (χ1n) is 5.63. The lowest BCUT2D eigenvalue weighted by molar-refractivity contribution is -0.140. The number of carbonyl (C=O) groups excluding carboxylic acids is 1. The fourth-order valence-electron chi connectivity index (χ4n) is 2.45. The largest absolute Gasteiger partial charge is 0.380 e. The number of amides is 1. The SMILES string of the molecule is CC1(CN2CC(CS(N)(=O)=O)CC2=O)COC1. The summed E-state index contributed by atoms with van der Waals surface area (Å²) in [5.74, 6) is -0.253. The summed E-state index contributed by atoms with van der Waals surface area (Å²) in [5, 5.41) is 4.99. The molecule has 1 amide bonds. The number of carbonyl (C=O) groups is 1. The molecule has 7 heteroatoms. The average Bonchev–Trinajstić information content (AvgIpc) is 2.41. The molecule has 0 saturated carbocycles. The molecule has 2 N–H and O–H groups in total. The van der Waals surface area contributed by atoms with Crippen molar-refractivity contribution in [3.05, 3.63) is 0 Å². The monoisotopic (exact) mass is 262 g/mol. The molecule has 0 aliphatic carbocycles. The molecular formula is C10H18N2O4S. The van der Waals surface area contributed by atoms with E-state index in [0.29, 0.717) is 26.3 Å². The predicted octanol–water partition coefficient (Wildman–Crippen LogP) is -0.840. The van der Waals surface area contributed by atoms with E-state index < -0.39 is 10.0 Å². The Morgan fingerprint density at radius 3 is 2.65 bits per heavy atom. The fourth-order valence-corrected chi connectivity index (χ4v) is 3.33. The predicted molar refractivity (Wildman–Crippen MR) is 61.6 cm³/mol. The molecule has 2 fully saturated rings. The van der Waals surface area contributed by atoms with Gasteiger partial charge in [-0.1, -0.05) is 6.92 Å². The first-order chi connectivity index (χ1) is 7.77. The number of nitrogens with two attached hydrogens (primary N) is 1. The molecule has 2 rings (SSSR count). The minimum Gasteiger partial charge on any atom is -0.380 e. The van der Waals surface area contributed by atoms with Crippen molar-refractivity contribution >= 4 is 15.9 Å². The molecule has 1 atom stereocenters. The lowest BCUT2D eigenvalue weighted by Crippen LogP contribution is -2.49. The molecule has 0 radical (unpaired) electrons. The van der Waals surface area contributed by atoms with Crippen LogP contribution in [0.2, 0.25) is 0 Å². The van der Waals surface area contributed by atoms with Crippen molar-refractivity contribution in [2.24, 2.45) is 16.5 Å². The highest BCUT2D eigenvalue weighted by Crippen LogP contribution is 2.30. The van der Waals surface area contributed by atoms with Crippen molar-refractivity contribution in [3.63, 3.8) is 0 Å². The fraction of sp³-hybridized carbons (Fsp3) is 0.900. The molecule has 0 spiro atoms. The number of sulfonamides is 1. The first-order valence-corrected chi connectivity index (χ1v) is 7.35. The maximum absolute atomic E-state index is 11.7. The van der Waals surface area contributed by atoms with Gasteiger partial charge in [0.1, 0.15) is 0 Å². The number of likely N-dealkylation sites (tertiary alicyclic amines) is 1. The van der Waals surface area contributed by atoms with Crippen LogP contribution in [0.1, 0.15) is 13.3 Å². The molecule has 2 aliphatic heterocycles. The minimum atomic E-state index is -3.49. The Labute approximate surface area is 101 Å². The van der Waals surface area contributed by atoms with Crippen LogP contribution in [0, 0.1) is 11.3 Å². The van der Waals surface area contributed by atoms with Crippen LogP contribution < -0.4 is 5.14 Å². The summed E-state index contributed by atoms with van der Waals surface area (Å²) < 4.78 is 27.1. The molecule has 0 aromatic heterocycles. The van der Waals surface area contributed by atoms with Gasteiger partial charge in [0.2, 0.25) is 15.9 Å². The van der Waals surface area contributed by atoms with Gasteiger partial charge in [-0.05, 0) is 0 Å². The summed E-state index contributed by atoms with van der Waals surface area (Å²) in [6, 6.07) is 0. The van der Waals surface area contributed by atoms with Crippen LogP contribution in [0.5, 0.6) is 0 Å². The van der Waals surface area contributed by atoms with Gasteiger partial charge in [-0.25, -0.2) is 13.6 Å². The number of primary sulfonamides is 1. The van der Waals surface area contributed by atoms with Crippen LogP contribution in [0.25, 0.3) is 0 Å². The molecule has 98 valence electrons. The number of nitrogens with zero attached hydrogens (tertiary/aromatic N) is 1. The van der Waals surface area contributed by atoms with Crippen molar-refractivity contribution < 1.29 is 17.9 Å². The summed E-state index contributed by atoms with van der Waals surface area (Å²) in [7, 11) is -3.49. The lowest BCUT2D eigenvalue weighted by atomic mass is 9.88. The van der Waals surface area contributed by atoms with Crippen LogP contribution in [0.4, 0.5) is 0 Å². The van der Waals surface area contributed by atoms with Crippen molar-refractivity contribution in [3.8, 4) is 0 Å². The van der Waals surface area contributed by atoms with Crippen LogP contribution in [0.15, 0.2) is 0 Å². The summed E-state index contributed by atoms with van der Waals surface area (Å²) in [6.45, 7) is 4.53. The van der Waals surface area contributed by atoms with E-state index in [2.05, 4.69) is 6.92 Å². The summed E-state index contributed by atoms with van der Waals surface area (Å²) >= 11 is 0. The second-order valence-electron chi connectivity index (χ2n) is 5.48. The van der Waals surface area contributed by atoms with Gasteiger partial charge in [0.05, 0.1) is 19.0 Å². The van der Waals surface area contributed by atoms with E-state index in [1.165, 1.54) is 0 Å². The summed E-state index contributed by atoms with van der Waals surface area (Å²) in [5.41, 5.74) is 0.0339. The molecule has 0 bridgehead atoms. The third kappa shape index (κ3) is 3.17. The molecule has 2 aliphatic rings. The molecule has 6 nitrogen and oxygen atoms in total. The highest BCUT2D eigenvalue weighted by molar-refractivity contribution is 7.89. The first kappa shape index (κ1) is 12.8. The van der Waals surface area contributed by atoms with E-state index in [4.69, 9.17) is 9.88 Å². The van der Waals surface area contributed by atoms with E-state index in [0.717, 1.165) is 0 Å². The van der Waals surface area contributed by atoms with Gasteiger partial charge in [0.25, 0.3) is 0 Å². The van der Waals surface area contributed by atoms with Gasteiger partial charge >= 0.3 is 0 Å². The normalized spacial score (nSPS) is 28.2. The van der Waals surface area contributed by atoms with Gasteiger partial charge in [-0.3, -0.25) is 4.79 Å². The standard InChI is InChI=1S/C10H18N2O4S/c1-10(6-16-7-10)5-12-3-8(2-9(12)13)4-17(11,14)15/h8H,2-7H2,1H3,(H2,11,14,15). The third-order valence-electron chi connectivity index (χ3n) is 3.24. The Morgan fingerprint density at radius 1 is 1.53 bits per heavy atom. The van der Waals surface area contributed by atoms with Gasteiger partial charge < -0.3 is 9.64 Å². The van der Waals surface area contributed by atoms with Crippen LogP contribution in [0.3, 0.4) is 0 Å². The second kappa shape index (κ2) is 4.22. The number of ether oxygens (including phenoxy) is 1. The minimum absolute atomic E-state index is 0.0202. The highest BCUT2D eigenvalue weighted by atomic mass is 32.2. The number of hydrogen-bond donors (Lipinski definition) is 1. The molecule has 0 aromatic rings. The van der Waals surface area contributed by atoms with Gasteiger partial charge in [0.15, 0.2) is 0 Å². The molecule has 1 unspecified atom stereocenters. The molecule has 17 heavy (non-hydrogen) atoms. The smallest absolute Gasteiger partial charge is 0.222 e.